The van der Waals surface area contributed by atoms with Crippen molar-refractivity contribution < 1.29 is 27.3 Å². The number of hydrogen-bond donors (Lipinski definition) is 1. The summed E-state index contributed by atoms with van der Waals surface area (Å²) in [6.07, 6.45) is 9.09. The maximum absolute atomic E-state index is 13.7. The summed E-state index contributed by atoms with van der Waals surface area (Å²) in [5, 5.41) is 0. The lowest BCUT2D eigenvalue weighted by Crippen LogP contribution is -2.45. The summed E-state index contributed by atoms with van der Waals surface area (Å²) in [5.74, 6) is 0.410. The van der Waals surface area contributed by atoms with Crippen molar-refractivity contribution >= 4 is 27.9 Å². The summed E-state index contributed by atoms with van der Waals surface area (Å²) in [7, 11) is -1.44. The number of hydrogen-bond acceptors (Lipinski definition) is 6. The molecule has 9 nitrogen and oxygen atoms in total. The van der Waals surface area contributed by atoms with Crippen LogP contribution in [0.15, 0.2) is 42.7 Å². The van der Waals surface area contributed by atoms with E-state index < -0.39 is 10.0 Å². The lowest BCUT2D eigenvalue weighted by atomic mass is 9.84. The number of benzene rings is 1. The predicted octanol–water partition coefficient (Wildman–Crippen LogP) is 1.80. The Labute approximate surface area is 225 Å². The zero-order chi connectivity index (χ0) is 27.3. The largest absolute Gasteiger partial charge is 0.493 e. The number of carbonyl (C=O) groups is 2. The number of rotatable bonds is 12. The quantitative estimate of drug-likeness (QED) is 0.324. The van der Waals surface area contributed by atoms with Gasteiger partial charge in [0.05, 0.1) is 19.4 Å². The summed E-state index contributed by atoms with van der Waals surface area (Å²) in [4.78, 5) is 30.1. The van der Waals surface area contributed by atoms with Crippen molar-refractivity contribution in [3.63, 3.8) is 0 Å². The van der Waals surface area contributed by atoms with Crippen LogP contribution < -0.4 is 18.9 Å². The molecule has 1 N–H and O–H groups in total. The van der Waals surface area contributed by atoms with Crippen molar-refractivity contribution in [1.29, 1.82) is 0 Å². The highest BCUT2D eigenvalue weighted by atomic mass is 32.2. The van der Waals surface area contributed by atoms with Crippen LogP contribution >= 0.6 is 0 Å². The van der Waals surface area contributed by atoms with Gasteiger partial charge >= 0.3 is 0 Å². The molecule has 1 fully saturated rings. The monoisotopic (exact) mass is 543 g/mol. The molecule has 2 aliphatic heterocycles. The molecule has 0 aliphatic carbocycles. The number of aldehydes is 1. The zero-order valence-electron chi connectivity index (χ0n) is 22.5. The maximum Gasteiger partial charge on any atom is 0.241 e. The molecule has 0 unspecified atom stereocenters. The Balaban J connectivity index is 1.59. The van der Waals surface area contributed by atoms with Gasteiger partial charge in [0.1, 0.15) is 24.8 Å². The first-order valence-corrected chi connectivity index (χ1v) is 15.2. The number of amides is 1. The standard InChI is InChI=1S/C28H39N4O5S/c1-4-5-14-32(23-7-6-13-30(2)17-23)28(34)19-31-18-24(21-8-9-27-22(16-21)11-15-37-27)25(20-33)26(31)10-12-29-38(3,35)36/h6-9,13,16-17,20,24-26,29H,4-5,10-12,14-15,18-19H2,1-3H3/q+1/t24-,25-,26+/m1/s1. The molecule has 10 heteroatoms. The Morgan fingerprint density at radius 1 is 1.32 bits per heavy atom. The van der Waals surface area contributed by atoms with Crippen molar-refractivity contribution in [2.24, 2.45) is 13.0 Å². The number of carbonyl (C=O) groups excluding carboxylic acids is 2. The van der Waals surface area contributed by atoms with E-state index in [1.807, 2.05) is 53.2 Å². The molecule has 1 amide bonds. The second-order valence-corrected chi connectivity index (χ2v) is 12.2. The molecule has 206 valence electrons. The van der Waals surface area contributed by atoms with Gasteiger partial charge in [-0.15, -0.1) is 0 Å². The van der Waals surface area contributed by atoms with Crippen LogP contribution in [0.5, 0.6) is 5.75 Å². The van der Waals surface area contributed by atoms with Gasteiger partial charge in [-0.05, 0) is 36.1 Å². The number of nitrogens with zero attached hydrogens (tertiary/aromatic N) is 3. The van der Waals surface area contributed by atoms with Crippen LogP contribution in [0, 0.1) is 5.92 Å². The van der Waals surface area contributed by atoms with E-state index in [9.17, 15) is 18.0 Å². The Bertz CT molecular complexity index is 1250. The summed E-state index contributed by atoms with van der Waals surface area (Å²) in [5.41, 5.74) is 3.03. The van der Waals surface area contributed by atoms with Gasteiger partial charge in [-0.1, -0.05) is 25.5 Å². The molecule has 0 radical (unpaired) electrons. The third-order valence-corrected chi connectivity index (χ3v) is 8.25. The highest BCUT2D eigenvalue weighted by Crippen LogP contribution is 2.39. The minimum Gasteiger partial charge on any atom is -0.493 e. The van der Waals surface area contributed by atoms with E-state index in [1.54, 1.807) is 0 Å². The molecule has 3 heterocycles. The summed E-state index contributed by atoms with van der Waals surface area (Å²) in [6, 6.07) is 9.70. The number of fused-ring (bicyclic) bond motifs is 1. The summed E-state index contributed by atoms with van der Waals surface area (Å²) < 4.78 is 33.6. The zero-order valence-corrected chi connectivity index (χ0v) is 23.3. The minimum atomic E-state index is -3.37. The predicted molar refractivity (Wildman–Crippen MR) is 146 cm³/mol. The van der Waals surface area contributed by atoms with Gasteiger partial charge < -0.3 is 14.4 Å². The molecule has 38 heavy (non-hydrogen) atoms. The Kier molecular flexibility index (Phi) is 9.17. The van der Waals surface area contributed by atoms with Crippen LogP contribution in [-0.2, 0) is 33.1 Å². The van der Waals surface area contributed by atoms with Gasteiger partial charge in [0.15, 0.2) is 12.4 Å². The Morgan fingerprint density at radius 2 is 2.13 bits per heavy atom. The molecule has 2 aliphatic rings. The first-order chi connectivity index (χ1) is 18.2. The van der Waals surface area contributed by atoms with Gasteiger partial charge in [-0.25, -0.2) is 17.7 Å². The van der Waals surface area contributed by atoms with Crippen molar-refractivity contribution in [1.82, 2.24) is 9.62 Å². The molecule has 3 atom stereocenters. The molecule has 4 rings (SSSR count). The smallest absolute Gasteiger partial charge is 0.241 e. The van der Waals surface area contributed by atoms with E-state index in [0.717, 1.165) is 54.4 Å². The molecular weight excluding hydrogens is 504 g/mol. The number of nitrogens with one attached hydrogen (secondary N) is 1. The maximum atomic E-state index is 13.7. The number of sulfonamides is 1. The van der Waals surface area contributed by atoms with E-state index in [1.165, 1.54) is 0 Å². The van der Waals surface area contributed by atoms with Crippen LogP contribution in [-0.4, -0.2) is 70.6 Å². The van der Waals surface area contributed by atoms with Crippen molar-refractivity contribution in [3.05, 3.63) is 53.9 Å². The van der Waals surface area contributed by atoms with E-state index in [4.69, 9.17) is 4.74 Å². The first kappa shape index (κ1) is 28.2. The molecule has 0 spiro atoms. The van der Waals surface area contributed by atoms with Crippen LogP contribution in [0.2, 0.25) is 0 Å². The van der Waals surface area contributed by atoms with Crippen molar-refractivity contribution in [2.45, 2.75) is 44.6 Å². The molecular formula is C28H39N4O5S+. The lowest BCUT2D eigenvalue weighted by Gasteiger charge is -2.29. The first-order valence-electron chi connectivity index (χ1n) is 13.4. The third kappa shape index (κ3) is 6.78. The summed E-state index contributed by atoms with van der Waals surface area (Å²) >= 11 is 0. The molecule has 2 aromatic rings. The second-order valence-electron chi connectivity index (χ2n) is 10.4. The number of aromatic nitrogens is 1. The number of likely N-dealkylation sites (tertiary alicyclic amines) is 1. The third-order valence-electron chi connectivity index (χ3n) is 7.52. The topological polar surface area (TPSA) is 99.9 Å². The number of ether oxygens (including phenoxy) is 1. The van der Waals surface area contributed by atoms with Crippen LogP contribution in [0.4, 0.5) is 5.69 Å². The summed E-state index contributed by atoms with van der Waals surface area (Å²) in [6.45, 7) is 4.27. The fourth-order valence-electron chi connectivity index (χ4n) is 5.63. The van der Waals surface area contributed by atoms with Gasteiger partial charge in [0.25, 0.3) is 0 Å². The second kappa shape index (κ2) is 12.4. The molecule has 0 bridgehead atoms. The molecule has 1 aromatic heterocycles. The fraction of sp³-hybridized carbons (Fsp3) is 0.536. The average molecular weight is 544 g/mol. The van der Waals surface area contributed by atoms with Crippen molar-refractivity contribution in [3.8, 4) is 5.75 Å². The highest BCUT2D eigenvalue weighted by molar-refractivity contribution is 7.88. The molecule has 1 aromatic carbocycles. The van der Waals surface area contributed by atoms with Crippen molar-refractivity contribution in [2.75, 3.05) is 43.9 Å². The molecule has 1 saturated heterocycles. The SMILES string of the molecule is CCCCN(C(=O)CN1C[C@H](c2ccc3c(c2)CCO3)[C@@H](C=O)[C@@H]1CCNS(C)(=O)=O)c1ccc[n+](C)c1. The van der Waals surface area contributed by atoms with Gasteiger partial charge in [0, 0.05) is 50.0 Å². The van der Waals surface area contributed by atoms with Gasteiger partial charge in [0.2, 0.25) is 15.9 Å². The van der Waals surface area contributed by atoms with E-state index in [-0.39, 0.29) is 36.9 Å². The lowest BCUT2D eigenvalue weighted by molar-refractivity contribution is -0.670. The van der Waals surface area contributed by atoms with E-state index in [2.05, 4.69) is 22.6 Å². The fourth-order valence-corrected chi connectivity index (χ4v) is 6.11. The number of pyridine rings is 1. The minimum absolute atomic E-state index is 0.0293. The Morgan fingerprint density at radius 3 is 2.84 bits per heavy atom. The van der Waals surface area contributed by atoms with Gasteiger partial charge in [-0.2, -0.15) is 0 Å². The van der Waals surface area contributed by atoms with E-state index in [0.29, 0.717) is 26.1 Å². The van der Waals surface area contributed by atoms with Crippen LogP contribution in [0.1, 0.15) is 43.2 Å². The normalized spacial score (nSPS) is 21.2. The highest BCUT2D eigenvalue weighted by Gasteiger charge is 2.43. The number of anilines is 1. The molecule has 0 saturated carbocycles. The van der Waals surface area contributed by atoms with Crippen LogP contribution in [0.3, 0.4) is 0 Å². The number of unbranched alkanes of at least 4 members (excludes halogenated alkanes) is 1. The average Bonchev–Trinajstić information content (AvgIpc) is 3.47. The van der Waals surface area contributed by atoms with Crippen LogP contribution in [0.25, 0.3) is 0 Å². The van der Waals surface area contributed by atoms with Gasteiger partial charge in [-0.3, -0.25) is 9.69 Å². The number of aryl methyl sites for hydroxylation is 1. The van der Waals surface area contributed by atoms with E-state index >= 15 is 0 Å². The Hall–Kier alpha value is -2.82.